The minimum absolute atomic E-state index is 0.594. The first kappa shape index (κ1) is 11.0. The van der Waals surface area contributed by atoms with E-state index in [2.05, 4.69) is 22.5 Å². The predicted molar refractivity (Wildman–Crippen MR) is 64.1 cm³/mol. The minimum Gasteiger partial charge on any atom is -0.384 e. The summed E-state index contributed by atoms with van der Waals surface area (Å²) in [7, 11) is 1.72. The lowest BCUT2D eigenvalue weighted by Crippen LogP contribution is -2.49. The van der Waals surface area contributed by atoms with Crippen LogP contribution in [0.3, 0.4) is 0 Å². The molecule has 0 saturated carbocycles. The molecule has 5 heteroatoms. The van der Waals surface area contributed by atoms with Crippen LogP contribution in [0.15, 0.2) is 17.2 Å². The molecule has 1 aliphatic rings. The molecule has 1 saturated heterocycles. The zero-order valence-corrected chi connectivity index (χ0v) is 10.1. The molecular weight excluding hydrogens is 232 g/mol. The number of pyridine rings is 1. The van der Waals surface area contributed by atoms with Crippen molar-refractivity contribution in [2.75, 3.05) is 31.7 Å². The Hall–Kier alpha value is -0.450. The highest BCUT2D eigenvalue weighted by atomic mass is 35.5. The van der Waals surface area contributed by atoms with E-state index in [-0.39, 0.29) is 0 Å². The lowest BCUT2D eigenvalue weighted by atomic mass is 10.0. The molecule has 0 amide bonds. The molecule has 0 aromatic carbocycles. The molecule has 15 heavy (non-hydrogen) atoms. The van der Waals surface area contributed by atoms with E-state index in [0.29, 0.717) is 10.9 Å². The van der Waals surface area contributed by atoms with E-state index in [1.165, 1.54) is 0 Å². The Morgan fingerprint density at radius 3 is 3.07 bits per heavy atom. The van der Waals surface area contributed by atoms with Crippen LogP contribution in [0.2, 0.25) is 5.02 Å². The topological polar surface area (TPSA) is 25.4 Å². The summed E-state index contributed by atoms with van der Waals surface area (Å²) in [5.41, 5.74) is 0. The van der Waals surface area contributed by atoms with Crippen LogP contribution in [-0.4, -0.2) is 31.8 Å². The van der Waals surface area contributed by atoms with Crippen LogP contribution in [0.5, 0.6) is 0 Å². The maximum absolute atomic E-state index is 6.11. The van der Waals surface area contributed by atoms with E-state index >= 15 is 0 Å². The van der Waals surface area contributed by atoms with Crippen molar-refractivity contribution in [1.82, 2.24) is 4.98 Å². The average Bonchev–Trinajstić information content (AvgIpc) is 2.16. The molecule has 2 rings (SSSR count). The molecule has 0 radical (unpaired) electrons. The van der Waals surface area contributed by atoms with E-state index < -0.39 is 0 Å². The summed E-state index contributed by atoms with van der Waals surface area (Å²) in [4.78, 5) is 7.18. The first-order chi connectivity index (χ1) is 7.22. The molecule has 0 spiro atoms. The molecule has 82 valence electrons. The zero-order chi connectivity index (χ0) is 10.8. The third-order valence-corrected chi connectivity index (χ3v) is 3.39. The minimum atomic E-state index is 0.594. The van der Waals surface area contributed by atoms with Crippen LogP contribution in [0.1, 0.15) is 0 Å². The van der Waals surface area contributed by atoms with Crippen LogP contribution < -0.4 is 4.90 Å². The highest BCUT2D eigenvalue weighted by Gasteiger charge is 2.29. The van der Waals surface area contributed by atoms with Crippen LogP contribution in [-0.2, 0) is 4.74 Å². The quantitative estimate of drug-likeness (QED) is 0.825. The van der Waals surface area contributed by atoms with Crippen molar-refractivity contribution in [3.8, 4) is 0 Å². The Labute approximate surface area is 99.8 Å². The largest absolute Gasteiger partial charge is 0.384 e. The van der Waals surface area contributed by atoms with E-state index in [0.717, 1.165) is 30.4 Å². The summed E-state index contributed by atoms with van der Waals surface area (Å²) in [5.74, 6) is 1.42. The van der Waals surface area contributed by atoms with Gasteiger partial charge in [-0.3, -0.25) is 0 Å². The summed E-state index contributed by atoms with van der Waals surface area (Å²) < 4.78 is 5.09. The second kappa shape index (κ2) is 4.60. The Morgan fingerprint density at radius 1 is 1.67 bits per heavy atom. The molecule has 0 bridgehead atoms. The number of ether oxygens (including phenoxy) is 1. The maximum Gasteiger partial charge on any atom is 0.148 e. The Bertz CT molecular complexity index is 355. The fourth-order valence-electron chi connectivity index (χ4n) is 1.73. The maximum atomic E-state index is 6.11. The highest BCUT2D eigenvalue weighted by Crippen LogP contribution is 2.32. The summed E-state index contributed by atoms with van der Waals surface area (Å²) >= 11 is 10.4. The van der Waals surface area contributed by atoms with Gasteiger partial charge in [-0.05, 0) is 6.07 Å². The molecule has 2 heterocycles. The van der Waals surface area contributed by atoms with Gasteiger partial charge in [0, 0.05) is 37.2 Å². The molecule has 0 atom stereocenters. The van der Waals surface area contributed by atoms with Crippen molar-refractivity contribution >= 4 is 30.0 Å². The zero-order valence-electron chi connectivity index (χ0n) is 8.48. The molecule has 1 fully saturated rings. The second-order valence-corrected chi connectivity index (χ2v) is 4.55. The first-order valence-corrected chi connectivity index (χ1v) is 5.62. The van der Waals surface area contributed by atoms with Crippen molar-refractivity contribution in [2.45, 2.75) is 4.90 Å². The smallest absolute Gasteiger partial charge is 0.148 e. The van der Waals surface area contributed by atoms with Crippen molar-refractivity contribution in [3.05, 3.63) is 17.3 Å². The summed E-state index contributed by atoms with van der Waals surface area (Å²) in [6.07, 6.45) is 1.73. The molecular formula is C10H13ClN2OS. The fourth-order valence-corrected chi connectivity index (χ4v) is 2.13. The van der Waals surface area contributed by atoms with Gasteiger partial charge in [-0.2, -0.15) is 0 Å². The van der Waals surface area contributed by atoms with Gasteiger partial charge in [-0.25, -0.2) is 4.98 Å². The van der Waals surface area contributed by atoms with Crippen LogP contribution in [0, 0.1) is 5.92 Å². The van der Waals surface area contributed by atoms with Crippen molar-refractivity contribution in [2.24, 2.45) is 5.92 Å². The standard InChI is InChI=1S/C10H13ClN2OS/c1-14-6-7-4-13(5-7)10-9(11)8(15)2-3-12-10/h2-3,7H,4-6H2,1H3,(H,12,15). The molecule has 0 aliphatic carbocycles. The lowest BCUT2D eigenvalue weighted by molar-refractivity contribution is 0.137. The van der Waals surface area contributed by atoms with Crippen molar-refractivity contribution in [1.29, 1.82) is 0 Å². The van der Waals surface area contributed by atoms with Crippen LogP contribution in [0.25, 0.3) is 0 Å². The predicted octanol–water partition coefficient (Wildman–Crippen LogP) is 2.11. The van der Waals surface area contributed by atoms with Gasteiger partial charge >= 0.3 is 0 Å². The number of thiol groups is 1. The van der Waals surface area contributed by atoms with Crippen LogP contribution in [0.4, 0.5) is 5.82 Å². The molecule has 3 nitrogen and oxygen atoms in total. The van der Waals surface area contributed by atoms with Crippen LogP contribution >= 0.6 is 24.2 Å². The Morgan fingerprint density at radius 2 is 2.40 bits per heavy atom. The van der Waals surface area contributed by atoms with E-state index in [1.54, 1.807) is 19.4 Å². The number of hydrogen-bond acceptors (Lipinski definition) is 4. The molecule has 1 aromatic rings. The van der Waals surface area contributed by atoms with Gasteiger partial charge in [0.1, 0.15) is 5.82 Å². The lowest BCUT2D eigenvalue weighted by Gasteiger charge is -2.40. The van der Waals surface area contributed by atoms with Gasteiger partial charge in [0.15, 0.2) is 0 Å². The SMILES string of the molecule is COCC1CN(c2nccc(S)c2Cl)C1. The number of hydrogen-bond donors (Lipinski definition) is 1. The normalized spacial score (nSPS) is 16.6. The van der Waals surface area contributed by atoms with E-state index in [1.807, 2.05) is 0 Å². The molecule has 0 unspecified atom stereocenters. The fraction of sp³-hybridized carbons (Fsp3) is 0.500. The number of nitrogens with zero attached hydrogens (tertiary/aromatic N) is 2. The Kier molecular flexibility index (Phi) is 3.38. The monoisotopic (exact) mass is 244 g/mol. The summed E-state index contributed by atoms with van der Waals surface area (Å²) in [6.45, 7) is 2.71. The van der Waals surface area contributed by atoms with E-state index in [9.17, 15) is 0 Å². The highest BCUT2D eigenvalue weighted by molar-refractivity contribution is 7.80. The Balaban J connectivity index is 2.04. The van der Waals surface area contributed by atoms with Gasteiger partial charge in [0.2, 0.25) is 0 Å². The van der Waals surface area contributed by atoms with Gasteiger partial charge in [0.25, 0.3) is 0 Å². The number of methoxy groups -OCH3 is 1. The number of halogens is 1. The third kappa shape index (κ3) is 2.22. The van der Waals surface area contributed by atoms with Gasteiger partial charge in [-0.15, -0.1) is 12.6 Å². The van der Waals surface area contributed by atoms with Gasteiger partial charge in [-0.1, -0.05) is 11.6 Å². The molecule has 0 N–H and O–H groups in total. The summed E-state index contributed by atoms with van der Waals surface area (Å²) in [5, 5.41) is 0.636. The third-order valence-electron chi connectivity index (χ3n) is 2.51. The molecule has 1 aromatic heterocycles. The molecule has 1 aliphatic heterocycles. The average molecular weight is 245 g/mol. The number of anilines is 1. The van der Waals surface area contributed by atoms with Gasteiger partial charge in [0.05, 0.1) is 11.6 Å². The second-order valence-electron chi connectivity index (χ2n) is 3.69. The van der Waals surface area contributed by atoms with Crippen molar-refractivity contribution < 1.29 is 4.74 Å². The van der Waals surface area contributed by atoms with Crippen molar-refractivity contribution in [3.63, 3.8) is 0 Å². The summed E-state index contributed by atoms with van der Waals surface area (Å²) in [6, 6.07) is 1.79. The number of rotatable bonds is 3. The van der Waals surface area contributed by atoms with Gasteiger partial charge < -0.3 is 9.64 Å². The van der Waals surface area contributed by atoms with E-state index in [4.69, 9.17) is 16.3 Å². The first-order valence-electron chi connectivity index (χ1n) is 4.79. The number of aromatic nitrogens is 1.